The first-order chi connectivity index (χ1) is 10.7. The number of nitrogens with zero attached hydrogens (tertiary/aromatic N) is 2. The smallest absolute Gasteiger partial charge is 0.269 e. The molecule has 2 aliphatic rings. The maximum atomic E-state index is 10.7. The van der Waals surface area contributed by atoms with Crippen LogP contribution in [0.1, 0.15) is 35.3 Å². The lowest BCUT2D eigenvalue weighted by Gasteiger charge is -2.35. The first-order valence-corrected chi connectivity index (χ1v) is 7.40. The first-order valence-electron chi connectivity index (χ1n) is 7.40. The lowest BCUT2D eigenvalue weighted by atomic mass is 9.95. The Morgan fingerprint density at radius 3 is 2.68 bits per heavy atom. The maximum absolute atomic E-state index is 10.7. The third kappa shape index (κ3) is 2.19. The predicted octanol–water partition coefficient (Wildman–Crippen LogP) is 3.57. The molecule has 2 atom stereocenters. The highest BCUT2D eigenvalue weighted by atomic mass is 16.6. The largest absolute Gasteiger partial charge is 0.358 e. The van der Waals surface area contributed by atoms with Gasteiger partial charge in [-0.25, -0.2) is 0 Å². The summed E-state index contributed by atoms with van der Waals surface area (Å²) in [6, 6.07) is 15.6. The van der Waals surface area contributed by atoms with Crippen molar-refractivity contribution in [2.24, 2.45) is 0 Å². The van der Waals surface area contributed by atoms with Gasteiger partial charge in [0.15, 0.2) is 0 Å². The minimum Gasteiger partial charge on any atom is -0.358 e. The van der Waals surface area contributed by atoms with Gasteiger partial charge >= 0.3 is 0 Å². The molecule has 0 bridgehead atoms. The van der Waals surface area contributed by atoms with E-state index in [1.165, 1.54) is 11.1 Å². The van der Waals surface area contributed by atoms with Crippen LogP contribution < -0.4 is 0 Å². The number of nitro groups is 1. The van der Waals surface area contributed by atoms with E-state index in [9.17, 15) is 10.1 Å². The summed E-state index contributed by atoms with van der Waals surface area (Å²) in [7, 11) is 0. The van der Waals surface area contributed by atoms with Crippen molar-refractivity contribution in [3.05, 3.63) is 75.3 Å². The zero-order valence-electron chi connectivity index (χ0n) is 12.0. The number of benzene rings is 2. The van der Waals surface area contributed by atoms with Gasteiger partial charge in [-0.2, -0.15) is 0 Å². The van der Waals surface area contributed by atoms with Crippen molar-refractivity contribution in [3.63, 3.8) is 0 Å². The highest BCUT2D eigenvalue weighted by Crippen LogP contribution is 2.43. The Hall–Kier alpha value is -2.24. The van der Waals surface area contributed by atoms with Gasteiger partial charge in [-0.1, -0.05) is 24.3 Å². The Morgan fingerprint density at radius 2 is 1.91 bits per heavy atom. The van der Waals surface area contributed by atoms with Crippen LogP contribution in [0, 0.1) is 10.1 Å². The summed E-state index contributed by atoms with van der Waals surface area (Å²) in [5.41, 5.74) is 3.89. The summed E-state index contributed by atoms with van der Waals surface area (Å²) in [4.78, 5) is 12.7. The van der Waals surface area contributed by atoms with Gasteiger partial charge in [-0.05, 0) is 35.2 Å². The quantitative estimate of drug-likeness (QED) is 0.628. The van der Waals surface area contributed by atoms with Gasteiger partial charge in [0.1, 0.15) is 6.73 Å². The summed E-state index contributed by atoms with van der Waals surface area (Å²) < 4.78 is 5.97. The highest BCUT2D eigenvalue weighted by molar-refractivity contribution is 5.37. The van der Waals surface area contributed by atoms with E-state index in [4.69, 9.17) is 4.74 Å². The van der Waals surface area contributed by atoms with E-state index in [2.05, 4.69) is 29.2 Å². The monoisotopic (exact) mass is 296 g/mol. The molecule has 0 aliphatic carbocycles. The van der Waals surface area contributed by atoms with Crippen LogP contribution in [0.2, 0.25) is 0 Å². The average Bonchev–Trinajstić information content (AvgIpc) is 2.92. The van der Waals surface area contributed by atoms with E-state index in [1.54, 1.807) is 24.3 Å². The van der Waals surface area contributed by atoms with E-state index in [0.29, 0.717) is 12.8 Å². The van der Waals surface area contributed by atoms with Crippen LogP contribution in [0.25, 0.3) is 0 Å². The summed E-state index contributed by atoms with van der Waals surface area (Å²) in [6.45, 7) is 1.54. The van der Waals surface area contributed by atoms with Crippen LogP contribution >= 0.6 is 0 Å². The SMILES string of the molecule is O=[N+]([O-])c1ccc([C@@H]2C[C@H]3c4ccccc4CN3CO2)cc1. The predicted molar refractivity (Wildman–Crippen MR) is 81.1 cm³/mol. The second-order valence-corrected chi connectivity index (χ2v) is 5.83. The zero-order valence-corrected chi connectivity index (χ0v) is 12.0. The molecule has 112 valence electrons. The van der Waals surface area contributed by atoms with Crippen molar-refractivity contribution in [2.45, 2.75) is 25.1 Å². The molecule has 2 heterocycles. The van der Waals surface area contributed by atoms with E-state index < -0.39 is 0 Å². The van der Waals surface area contributed by atoms with Crippen molar-refractivity contribution in [1.82, 2.24) is 4.90 Å². The second kappa shape index (κ2) is 5.19. The van der Waals surface area contributed by atoms with Crippen LogP contribution in [0.4, 0.5) is 5.69 Å². The Kier molecular flexibility index (Phi) is 3.17. The van der Waals surface area contributed by atoms with E-state index in [0.717, 1.165) is 18.5 Å². The molecule has 0 spiro atoms. The standard InChI is InChI=1S/C17H16N2O3/c20-19(21)14-7-5-12(6-8-14)17-9-16-15-4-2-1-3-13(15)10-18(16)11-22-17/h1-8,16-17H,9-11H2/t16-,17-/m0/s1. The van der Waals surface area contributed by atoms with Crippen molar-refractivity contribution >= 4 is 5.69 Å². The minimum absolute atomic E-state index is 0.00629. The molecule has 0 aromatic heterocycles. The van der Waals surface area contributed by atoms with Crippen molar-refractivity contribution in [3.8, 4) is 0 Å². The van der Waals surface area contributed by atoms with Gasteiger partial charge < -0.3 is 4.74 Å². The first kappa shape index (κ1) is 13.4. The minimum atomic E-state index is -0.375. The van der Waals surface area contributed by atoms with Gasteiger partial charge in [0.05, 0.1) is 11.0 Å². The van der Waals surface area contributed by atoms with Crippen LogP contribution in [-0.4, -0.2) is 16.6 Å². The fourth-order valence-corrected chi connectivity index (χ4v) is 3.44. The molecule has 2 aromatic carbocycles. The third-order valence-electron chi connectivity index (χ3n) is 4.58. The van der Waals surface area contributed by atoms with Gasteiger partial charge in [0, 0.05) is 24.7 Å². The normalized spacial score (nSPS) is 23.8. The molecule has 1 fully saturated rings. The third-order valence-corrected chi connectivity index (χ3v) is 4.58. The van der Waals surface area contributed by atoms with Crippen LogP contribution in [0.15, 0.2) is 48.5 Å². The Labute approximate surface area is 128 Å². The van der Waals surface area contributed by atoms with E-state index in [-0.39, 0.29) is 16.7 Å². The maximum Gasteiger partial charge on any atom is 0.269 e. The molecule has 0 radical (unpaired) electrons. The number of non-ortho nitro benzene ring substituents is 1. The number of rotatable bonds is 2. The summed E-state index contributed by atoms with van der Waals surface area (Å²) in [5, 5.41) is 10.7. The molecule has 0 saturated carbocycles. The Balaban J connectivity index is 1.57. The zero-order chi connectivity index (χ0) is 15.1. The number of ether oxygens (including phenoxy) is 1. The van der Waals surface area contributed by atoms with Crippen molar-refractivity contribution in [2.75, 3.05) is 6.73 Å². The fraction of sp³-hybridized carbons (Fsp3) is 0.294. The van der Waals surface area contributed by atoms with Gasteiger partial charge in [0.2, 0.25) is 0 Å². The molecule has 5 nitrogen and oxygen atoms in total. The second-order valence-electron chi connectivity index (χ2n) is 5.83. The molecule has 0 N–H and O–H groups in total. The van der Waals surface area contributed by atoms with Crippen LogP contribution in [-0.2, 0) is 11.3 Å². The van der Waals surface area contributed by atoms with Crippen molar-refractivity contribution in [1.29, 1.82) is 0 Å². The van der Waals surface area contributed by atoms with Crippen LogP contribution in [0.5, 0.6) is 0 Å². The summed E-state index contributed by atoms with van der Waals surface area (Å²) in [6.07, 6.45) is 0.877. The fourth-order valence-electron chi connectivity index (χ4n) is 3.44. The Morgan fingerprint density at radius 1 is 1.14 bits per heavy atom. The molecule has 22 heavy (non-hydrogen) atoms. The van der Waals surface area contributed by atoms with E-state index >= 15 is 0 Å². The van der Waals surface area contributed by atoms with Gasteiger partial charge in [0.25, 0.3) is 5.69 Å². The molecule has 2 aliphatic heterocycles. The lowest BCUT2D eigenvalue weighted by molar-refractivity contribution is -0.384. The summed E-state index contributed by atoms with van der Waals surface area (Å²) >= 11 is 0. The van der Waals surface area contributed by atoms with Gasteiger partial charge in [-0.3, -0.25) is 15.0 Å². The summed E-state index contributed by atoms with van der Waals surface area (Å²) in [5.74, 6) is 0. The molecule has 1 saturated heterocycles. The Bertz CT molecular complexity index is 714. The number of hydrogen-bond acceptors (Lipinski definition) is 4. The molecular formula is C17H16N2O3. The molecular weight excluding hydrogens is 280 g/mol. The number of nitro benzene ring substituents is 1. The molecule has 4 rings (SSSR count). The van der Waals surface area contributed by atoms with Crippen LogP contribution in [0.3, 0.4) is 0 Å². The molecule has 5 heteroatoms. The number of hydrogen-bond donors (Lipinski definition) is 0. The molecule has 2 aromatic rings. The van der Waals surface area contributed by atoms with E-state index in [1.807, 2.05) is 0 Å². The lowest BCUT2D eigenvalue weighted by Crippen LogP contribution is -2.33. The number of fused-ring (bicyclic) bond motifs is 3. The highest BCUT2D eigenvalue weighted by Gasteiger charge is 2.36. The molecule has 0 unspecified atom stereocenters. The topological polar surface area (TPSA) is 55.6 Å². The molecule has 0 amide bonds. The van der Waals surface area contributed by atoms with Crippen molar-refractivity contribution < 1.29 is 9.66 Å². The average molecular weight is 296 g/mol. The van der Waals surface area contributed by atoms with Gasteiger partial charge in [-0.15, -0.1) is 0 Å².